The number of aliphatic hydroxyl groups is 2. The molecule has 2 atom stereocenters. The van der Waals surface area contributed by atoms with Gasteiger partial charge in [0, 0.05) is 26.2 Å². The van der Waals surface area contributed by atoms with Crippen molar-refractivity contribution in [2.45, 2.75) is 25.0 Å². The summed E-state index contributed by atoms with van der Waals surface area (Å²) < 4.78 is 31.7. The number of ether oxygens (including phenoxy) is 1. The van der Waals surface area contributed by atoms with Crippen LogP contribution in [0.5, 0.6) is 0 Å². The van der Waals surface area contributed by atoms with Crippen LogP contribution < -0.4 is 0 Å². The number of carbonyl (C=O) groups excluding carboxylic acids is 1. The minimum absolute atomic E-state index is 0.0968. The molecule has 2 N–H and O–H groups in total. The molecule has 0 aromatic rings. The molecule has 0 aromatic carbocycles. The minimum Gasteiger partial charge on any atom is -0.469 e. The number of esters is 1. The second-order valence-electron chi connectivity index (χ2n) is 5.16. The maximum atomic E-state index is 12.3. The van der Waals surface area contributed by atoms with Crippen molar-refractivity contribution in [3.63, 3.8) is 0 Å². The number of aliphatic hydroxyl groups excluding tert-OH is 2. The van der Waals surface area contributed by atoms with E-state index in [1.807, 2.05) is 0 Å². The summed E-state index contributed by atoms with van der Waals surface area (Å²) in [6.07, 6.45) is -1.25. The molecule has 2 heterocycles. The van der Waals surface area contributed by atoms with Gasteiger partial charge in [0.15, 0.2) is 0 Å². The van der Waals surface area contributed by atoms with Crippen molar-refractivity contribution in [1.29, 1.82) is 0 Å². The molecule has 20 heavy (non-hydrogen) atoms. The van der Waals surface area contributed by atoms with E-state index in [1.54, 1.807) is 0 Å². The van der Waals surface area contributed by atoms with E-state index in [0.717, 1.165) is 4.31 Å². The van der Waals surface area contributed by atoms with E-state index in [4.69, 9.17) is 0 Å². The second-order valence-corrected chi connectivity index (χ2v) is 7.08. The third-order valence-electron chi connectivity index (χ3n) is 3.87. The van der Waals surface area contributed by atoms with Gasteiger partial charge in [0.05, 0.1) is 25.2 Å². The second kappa shape index (κ2) is 5.94. The van der Waals surface area contributed by atoms with Crippen molar-refractivity contribution in [3.05, 3.63) is 0 Å². The Morgan fingerprint density at radius 1 is 1.10 bits per heavy atom. The third kappa shape index (κ3) is 2.96. The van der Waals surface area contributed by atoms with Crippen molar-refractivity contribution < 1.29 is 28.2 Å². The van der Waals surface area contributed by atoms with Gasteiger partial charge < -0.3 is 14.9 Å². The number of methoxy groups -OCH3 is 1. The van der Waals surface area contributed by atoms with Gasteiger partial charge in [-0.3, -0.25) is 4.79 Å². The molecule has 8 nitrogen and oxygen atoms in total. The quantitative estimate of drug-likeness (QED) is 0.593. The molecule has 0 bridgehead atoms. The highest BCUT2D eigenvalue weighted by molar-refractivity contribution is 7.86. The minimum atomic E-state index is -3.69. The molecule has 0 amide bonds. The highest BCUT2D eigenvalue weighted by Crippen LogP contribution is 2.24. The molecule has 2 aliphatic heterocycles. The number of hydrogen-bond donors (Lipinski definition) is 2. The molecule has 2 fully saturated rings. The van der Waals surface area contributed by atoms with Crippen LogP contribution in [0.3, 0.4) is 0 Å². The predicted molar refractivity (Wildman–Crippen MR) is 68.8 cm³/mol. The lowest BCUT2D eigenvalue weighted by atomic mass is 9.99. The van der Waals surface area contributed by atoms with Crippen molar-refractivity contribution in [3.8, 4) is 0 Å². The molecule has 0 aromatic heterocycles. The van der Waals surface area contributed by atoms with Crippen LogP contribution in [0.1, 0.15) is 12.8 Å². The molecule has 0 radical (unpaired) electrons. The highest BCUT2D eigenvalue weighted by atomic mass is 32.2. The first-order valence-electron chi connectivity index (χ1n) is 6.55. The Labute approximate surface area is 118 Å². The first kappa shape index (κ1) is 15.6. The van der Waals surface area contributed by atoms with Gasteiger partial charge in [0.1, 0.15) is 0 Å². The van der Waals surface area contributed by atoms with E-state index >= 15 is 0 Å². The molecular formula is C11H20N2O6S. The van der Waals surface area contributed by atoms with Gasteiger partial charge in [-0.25, -0.2) is 0 Å². The lowest BCUT2D eigenvalue weighted by Gasteiger charge is -2.32. The lowest BCUT2D eigenvalue weighted by molar-refractivity contribution is -0.146. The molecular weight excluding hydrogens is 288 g/mol. The summed E-state index contributed by atoms with van der Waals surface area (Å²) in [5.74, 6) is -0.574. The maximum absolute atomic E-state index is 12.3. The van der Waals surface area contributed by atoms with Gasteiger partial charge >= 0.3 is 5.97 Å². The molecule has 0 unspecified atom stereocenters. The summed E-state index contributed by atoms with van der Waals surface area (Å²) in [6, 6.07) is 0. The van der Waals surface area contributed by atoms with Crippen molar-refractivity contribution in [1.82, 2.24) is 8.61 Å². The largest absolute Gasteiger partial charge is 0.469 e. The van der Waals surface area contributed by atoms with E-state index in [2.05, 4.69) is 4.74 Å². The normalized spacial score (nSPS) is 30.6. The molecule has 2 saturated heterocycles. The number of carbonyl (C=O) groups is 1. The molecule has 9 heteroatoms. The zero-order chi connectivity index (χ0) is 14.9. The number of hydrogen-bond acceptors (Lipinski definition) is 6. The Bertz CT molecular complexity index is 450. The van der Waals surface area contributed by atoms with Crippen LogP contribution in [0.15, 0.2) is 0 Å². The molecule has 0 aliphatic carbocycles. The van der Waals surface area contributed by atoms with Crippen molar-refractivity contribution in [2.75, 3.05) is 33.3 Å². The number of nitrogens with zero attached hydrogens (tertiary/aromatic N) is 2. The van der Waals surface area contributed by atoms with Crippen LogP contribution in [0.4, 0.5) is 0 Å². The summed E-state index contributed by atoms with van der Waals surface area (Å²) in [5, 5.41) is 18.9. The van der Waals surface area contributed by atoms with Crippen molar-refractivity contribution in [2.24, 2.45) is 5.92 Å². The smallest absolute Gasteiger partial charge is 0.308 e. The van der Waals surface area contributed by atoms with Gasteiger partial charge in [0.25, 0.3) is 10.2 Å². The zero-order valence-corrected chi connectivity index (χ0v) is 12.1. The van der Waals surface area contributed by atoms with Gasteiger partial charge in [-0.05, 0) is 12.8 Å². The van der Waals surface area contributed by atoms with Gasteiger partial charge in [-0.15, -0.1) is 0 Å². The monoisotopic (exact) mass is 308 g/mol. The van der Waals surface area contributed by atoms with Gasteiger partial charge in [-0.2, -0.15) is 17.0 Å². The molecule has 116 valence electrons. The average molecular weight is 308 g/mol. The van der Waals surface area contributed by atoms with E-state index in [9.17, 15) is 23.4 Å². The number of piperidine rings is 1. The fraction of sp³-hybridized carbons (Fsp3) is 0.909. The molecule has 0 spiro atoms. The third-order valence-corrected chi connectivity index (χ3v) is 5.84. The number of β-amino-alcohol motifs (C(OH)–C–C–N with tert-alkyl or cyclic N) is 2. The summed E-state index contributed by atoms with van der Waals surface area (Å²) in [5.41, 5.74) is 0. The average Bonchev–Trinajstić information content (AvgIpc) is 2.78. The maximum Gasteiger partial charge on any atom is 0.308 e. The Morgan fingerprint density at radius 3 is 2.05 bits per heavy atom. The van der Waals surface area contributed by atoms with Gasteiger partial charge in [-0.1, -0.05) is 0 Å². The van der Waals surface area contributed by atoms with Crippen LogP contribution in [0.25, 0.3) is 0 Å². The fourth-order valence-electron chi connectivity index (χ4n) is 2.58. The van der Waals surface area contributed by atoms with E-state index < -0.39 is 22.4 Å². The summed E-state index contributed by atoms with van der Waals surface area (Å²) >= 11 is 0. The number of rotatable bonds is 3. The van der Waals surface area contributed by atoms with Crippen LogP contribution in [0.2, 0.25) is 0 Å². The van der Waals surface area contributed by atoms with E-state index in [1.165, 1.54) is 11.4 Å². The van der Waals surface area contributed by atoms with Crippen LogP contribution in [0, 0.1) is 5.92 Å². The summed E-state index contributed by atoms with van der Waals surface area (Å²) in [4.78, 5) is 11.4. The van der Waals surface area contributed by atoms with E-state index in [-0.39, 0.29) is 38.1 Å². The summed E-state index contributed by atoms with van der Waals surface area (Å²) in [7, 11) is -2.37. The Morgan fingerprint density at radius 2 is 1.60 bits per heavy atom. The first-order chi connectivity index (χ1) is 9.36. The highest BCUT2D eigenvalue weighted by Gasteiger charge is 2.41. The molecule has 2 aliphatic rings. The predicted octanol–water partition coefficient (Wildman–Crippen LogP) is -1.85. The Balaban J connectivity index is 1.97. The molecule has 2 rings (SSSR count). The van der Waals surface area contributed by atoms with Crippen LogP contribution in [-0.2, 0) is 19.7 Å². The fourth-order valence-corrected chi connectivity index (χ4v) is 4.26. The van der Waals surface area contributed by atoms with Crippen LogP contribution in [-0.4, -0.2) is 78.7 Å². The Kier molecular flexibility index (Phi) is 4.65. The first-order valence-corrected chi connectivity index (χ1v) is 7.95. The van der Waals surface area contributed by atoms with E-state index in [0.29, 0.717) is 12.8 Å². The Hall–Kier alpha value is -0.740. The zero-order valence-electron chi connectivity index (χ0n) is 11.3. The molecule has 0 saturated carbocycles. The topological polar surface area (TPSA) is 107 Å². The SMILES string of the molecule is COC(=O)C1CCN(S(=O)(=O)N2C[C@@H](O)[C@@H](O)C2)CC1. The van der Waals surface area contributed by atoms with Gasteiger partial charge in [0.2, 0.25) is 0 Å². The summed E-state index contributed by atoms with van der Waals surface area (Å²) in [6.45, 7) is 0.288. The standard InChI is InChI=1S/C11H20N2O6S/c1-19-11(16)8-2-4-12(5-3-8)20(17,18)13-6-9(14)10(15)7-13/h8-10,14-15H,2-7H2,1H3/t9-,10+. The van der Waals surface area contributed by atoms with Crippen LogP contribution >= 0.6 is 0 Å². The van der Waals surface area contributed by atoms with Crippen molar-refractivity contribution >= 4 is 16.2 Å². The lowest BCUT2D eigenvalue weighted by Crippen LogP contribution is -2.47.